The van der Waals surface area contributed by atoms with Crippen molar-refractivity contribution in [2.75, 3.05) is 0 Å². The number of ether oxygens (including phenoxy) is 2. The van der Waals surface area contributed by atoms with Gasteiger partial charge in [0.25, 0.3) is 0 Å². The molecule has 0 aliphatic carbocycles. The first-order chi connectivity index (χ1) is 15.9. The highest BCUT2D eigenvalue weighted by Gasteiger charge is 2.32. The molecule has 1 aliphatic rings. The van der Waals surface area contributed by atoms with Gasteiger partial charge in [0.05, 0.1) is 0 Å². The standard InChI is InChI=1S/C29H38O5/c1-19-20(2)26-24(21(3)25(19)30)16-18-29(6,34-26)17-10-8-7-9-11-22-12-14-23(15-13-22)33-28(4,5)27(31)32/h10,12-15,17,30H,7-9,11,16,18H2,1-6H3,(H,31,32)/b17-10-. The van der Waals surface area contributed by atoms with Crippen LogP contribution >= 0.6 is 0 Å². The largest absolute Gasteiger partial charge is 0.507 e. The van der Waals surface area contributed by atoms with Gasteiger partial charge in [0.1, 0.15) is 22.8 Å². The first kappa shape index (κ1) is 25.7. The first-order valence-corrected chi connectivity index (χ1v) is 12.1. The fourth-order valence-electron chi connectivity index (χ4n) is 4.37. The van der Waals surface area contributed by atoms with Gasteiger partial charge in [-0.2, -0.15) is 0 Å². The number of carboxylic acid groups (broad SMARTS) is 1. The van der Waals surface area contributed by atoms with E-state index in [0.29, 0.717) is 11.5 Å². The van der Waals surface area contributed by atoms with Gasteiger partial charge < -0.3 is 19.7 Å². The SMILES string of the molecule is Cc1c(C)c2c(c(C)c1O)CCC(C)(/C=C\CCCCc1ccc(OC(C)(C)C(=O)O)cc1)O2. The Balaban J connectivity index is 1.48. The van der Waals surface area contributed by atoms with E-state index in [1.807, 2.05) is 45.0 Å². The van der Waals surface area contributed by atoms with Gasteiger partial charge in [-0.3, -0.25) is 0 Å². The molecular weight excluding hydrogens is 428 g/mol. The van der Waals surface area contributed by atoms with E-state index in [1.165, 1.54) is 5.56 Å². The molecule has 2 aromatic carbocycles. The summed E-state index contributed by atoms with van der Waals surface area (Å²) in [5.74, 6) is 0.911. The molecule has 2 aromatic rings. The highest BCUT2D eigenvalue weighted by Crippen LogP contribution is 2.43. The Hall–Kier alpha value is -2.95. The van der Waals surface area contributed by atoms with Gasteiger partial charge in [0.2, 0.25) is 0 Å². The number of rotatable bonds is 9. The van der Waals surface area contributed by atoms with Crippen LogP contribution in [0.25, 0.3) is 0 Å². The van der Waals surface area contributed by atoms with Crippen LogP contribution in [0.1, 0.15) is 74.3 Å². The number of hydrogen-bond donors (Lipinski definition) is 2. The molecule has 3 rings (SSSR count). The van der Waals surface area contributed by atoms with Crippen molar-refractivity contribution in [2.45, 2.75) is 91.3 Å². The zero-order chi connectivity index (χ0) is 25.1. The third-order valence-corrected chi connectivity index (χ3v) is 6.91. The summed E-state index contributed by atoms with van der Waals surface area (Å²) in [4.78, 5) is 11.2. The fourth-order valence-corrected chi connectivity index (χ4v) is 4.37. The lowest BCUT2D eigenvalue weighted by molar-refractivity contribution is -0.152. The Morgan fingerprint density at radius 1 is 1.12 bits per heavy atom. The van der Waals surface area contributed by atoms with Crippen LogP contribution in [0.3, 0.4) is 0 Å². The number of unbranched alkanes of at least 4 members (excludes halogenated alkanes) is 2. The van der Waals surface area contributed by atoms with Gasteiger partial charge in [-0.1, -0.05) is 18.2 Å². The van der Waals surface area contributed by atoms with Crippen LogP contribution < -0.4 is 9.47 Å². The second-order valence-corrected chi connectivity index (χ2v) is 10.2. The quantitative estimate of drug-likeness (QED) is 0.321. The van der Waals surface area contributed by atoms with E-state index in [0.717, 1.165) is 66.5 Å². The normalized spacial score (nSPS) is 17.9. The smallest absolute Gasteiger partial charge is 0.347 e. The lowest BCUT2D eigenvalue weighted by atomic mass is 9.87. The van der Waals surface area contributed by atoms with Crippen molar-refractivity contribution < 1.29 is 24.5 Å². The van der Waals surface area contributed by atoms with Crippen LogP contribution in [-0.4, -0.2) is 27.4 Å². The number of carboxylic acids is 1. The predicted octanol–water partition coefficient (Wildman–Crippen LogP) is 6.61. The first-order valence-electron chi connectivity index (χ1n) is 12.1. The highest BCUT2D eigenvalue weighted by molar-refractivity contribution is 5.76. The van der Waals surface area contributed by atoms with Gasteiger partial charge in [0, 0.05) is 5.56 Å². The summed E-state index contributed by atoms with van der Waals surface area (Å²) in [6, 6.07) is 7.68. The molecule has 184 valence electrons. The number of hydrogen-bond acceptors (Lipinski definition) is 4. The number of fused-ring (bicyclic) bond motifs is 1. The maximum absolute atomic E-state index is 11.2. The Kier molecular flexibility index (Phi) is 7.64. The molecule has 1 atom stereocenters. The lowest BCUT2D eigenvalue weighted by Gasteiger charge is -2.36. The van der Waals surface area contributed by atoms with E-state index in [9.17, 15) is 15.0 Å². The maximum atomic E-state index is 11.2. The van der Waals surface area contributed by atoms with E-state index in [1.54, 1.807) is 13.8 Å². The van der Waals surface area contributed by atoms with Crippen molar-refractivity contribution in [1.29, 1.82) is 0 Å². The maximum Gasteiger partial charge on any atom is 0.347 e. The molecule has 1 unspecified atom stereocenters. The van der Waals surface area contributed by atoms with Crippen molar-refractivity contribution in [3.8, 4) is 17.2 Å². The number of aryl methyl sites for hydroxylation is 1. The number of aliphatic carboxylic acids is 1. The van der Waals surface area contributed by atoms with Crippen molar-refractivity contribution in [3.05, 3.63) is 64.2 Å². The minimum atomic E-state index is -1.24. The second kappa shape index (κ2) is 10.1. The monoisotopic (exact) mass is 466 g/mol. The van der Waals surface area contributed by atoms with Crippen LogP contribution in [0.4, 0.5) is 0 Å². The highest BCUT2D eigenvalue weighted by atomic mass is 16.5. The Labute approximate surface area is 203 Å². The van der Waals surface area contributed by atoms with Crippen LogP contribution in [0.5, 0.6) is 17.2 Å². The van der Waals surface area contributed by atoms with Gasteiger partial charge in [-0.15, -0.1) is 0 Å². The summed E-state index contributed by atoms with van der Waals surface area (Å²) in [6.07, 6.45) is 10.3. The predicted molar refractivity (Wildman–Crippen MR) is 135 cm³/mol. The molecule has 5 nitrogen and oxygen atoms in total. The van der Waals surface area contributed by atoms with Crippen molar-refractivity contribution >= 4 is 5.97 Å². The van der Waals surface area contributed by atoms with Gasteiger partial charge in [-0.25, -0.2) is 4.79 Å². The van der Waals surface area contributed by atoms with Crippen LogP contribution in [-0.2, 0) is 17.6 Å². The third-order valence-electron chi connectivity index (χ3n) is 6.91. The van der Waals surface area contributed by atoms with Crippen LogP contribution in [0, 0.1) is 20.8 Å². The molecule has 34 heavy (non-hydrogen) atoms. The molecule has 2 N–H and O–H groups in total. The fraction of sp³-hybridized carbons (Fsp3) is 0.483. The molecule has 0 saturated carbocycles. The van der Waals surface area contributed by atoms with E-state index >= 15 is 0 Å². The van der Waals surface area contributed by atoms with Crippen molar-refractivity contribution in [1.82, 2.24) is 0 Å². The molecule has 0 bridgehead atoms. The zero-order valence-electron chi connectivity index (χ0n) is 21.3. The molecule has 0 radical (unpaired) electrons. The van der Waals surface area contributed by atoms with E-state index in [2.05, 4.69) is 19.1 Å². The van der Waals surface area contributed by atoms with Crippen molar-refractivity contribution in [3.63, 3.8) is 0 Å². The average molecular weight is 467 g/mol. The van der Waals surface area contributed by atoms with Crippen LogP contribution in [0.2, 0.25) is 0 Å². The Bertz CT molecular complexity index is 1070. The lowest BCUT2D eigenvalue weighted by Crippen LogP contribution is -2.37. The third kappa shape index (κ3) is 5.75. The summed E-state index contributed by atoms with van der Waals surface area (Å²) in [7, 11) is 0. The molecular formula is C29H38O5. The molecule has 0 aromatic heterocycles. The Morgan fingerprint density at radius 2 is 1.79 bits per heavy atom. The molecule has 0 saturated heterocycles. The molecule has 1 aliphatic heterocycles. The van der Waals surface area contributed by atoms with Crippen LogP contribution in [0.15, 0.2) is 36.4 Å². The zero-order valence-corrected chi connectivity index (χ0v) is 21.3. The number of phenolic OH excluding ortho intramolecular Hbond substituents is 1. The van der Waals surface area contributed by atoms with Gasteiger partial charge >= 0.3 is 5.97 Å². The summed E-state index contributed by atoms with van der Waals surface area (Å²) >= 11 is 0. The summed E-state index contributed by atoms with van der Waals surface area (Å²) in [5, 5.41) is 19.5. The minimum Gasteiger partial charge on any atom is -0.507 e. The second-order valence-electron chi connectivity index (χ2n) is 10.2. The number of carbonyl (C=O) groups is 1. The number of aromatic hydroxyl groups is 1. The van der Waals surface area contributed by atoms with E-state index in [4.69, 9.17) is 9.47 Å². The molecule has 1 heterocycles. The Morgan fingerprint density at radius 3 is 2.44 bits per heavy atom. The van der Waals surface area contributed by atoms with E-state index in [-0.39, 0.29) is 5.60 Å². The molecule has 5 heteroatoms. The molecule has 0 fully saturated rings. The van der Waals surface area contributed by atoms with Crippen molar-refractivity contribution in [2.24, 2.45) is 0 Å². The summed E-state index contributed by atoms with van der Waals surface area (Å²) in [5.41, 5.74) is 3.65. The van der Waals surface area contributed by atoms with E-state index < -0.39 is 11.6 Å². The topological polar surface area (TPSA) is 76.0 Å². The molecule has 0 amide bonds. The van der Waals surface area contributed by atoms with Gasteiger partial charge in [-0.05, 0) is 121 Å². The summed E-state index contributed by atoms with van der Waals surface area (Å²) < 4.78 is 12.0. The minimum absolute atomic E-state index is 0.326. The van der Waals surface area contributed by atoms with Gasteiger partial charge in [0.15, 0.2) is 5.60 Å². The molecule has 0 spiro atoms. The number of phenols is 1. The number of allylic oxidation sites excluding steroid dienone is 1. The average Bonchev–Trinajstić information content (AvgIpc) is 2.79. The summed E-state index contributed by atoms with van der Waals surface area (Å²) in [6.45, 7) is 11.2. The number of benzene rings is 2.